The highest BCUT2D eigenvalue weighted by Crippen LogP contribution is 2.58. The summed E-state index contributed by atoms with van der Waals surface area (Å²) in [5.74, 6) is 1.99. The van der Waals surface area contributed by atoms with Gasteiger partial charge in [0.1, 0.15) is 18.1 Å². The number of nitro groups is 1. The molecule has 0 saturated heterocycles. The first-order chi connectivity index (χ1) is 17.1. The van der Waals surface area contributed by atoms with E-state index in [0.717, 1.165) is 12.2 Å². The molecule has 7 heteroatoms. The molecule has 36 heavy (non-hydrogen) atoms. The van der Waals surface area contributed by atoms with Crippen molar-refractivity contribution in [3.8, 4) is 11.4 Å². The van der Waals surface area contributed by atoms with Crippen LogP contribution in [0.5, 0.6) is 5.75 Å². The minimum absolute atomic E-state index is 0.0220. The quantitative estimate of drug-likeness (QED) is 0.278. The van der Waals surface area contributed by atoms with Gasteiger partial charge in [0.15, 0.2) is 0 Å². The van der Waals surface area contributed by atoms with Crippen LogP contribution in [0.4, 0.5) is 5.69 Å². The number of ether oxygens (including phenoxy) is 1. The molecule has 2 atom stereocenters. The summed E-state index contributed by atoms with van der Waals surface area (Å²) in [7, 11) is 0. The third-order valence-corrected chi connectivity index (χ3v) is 8.64. The van der Waals surface area contributed by atoms with Gasteiger partial charge in [0.25, 0.3) is 5.69 Å². The Morgan fingerprint density at radius 3 is 2.75 bits per heavy atom. The number of nitro benzene ring substituents is 1. The van der Waals surface area contributed by atoms with Crippen LogP contribution in [0.1, 0.15) is 88.6 Å². The molecular formula is C29H36N4O3. The molecule has 0 amide bonds. The number of hydrogen-bond acceptors (Lipinski definition) is 5. The second kappa shape index (κ2) is 9.02. The molecule has 2 aromatic carbocycles. The molecule has 0 radical (unpaired) electrons. The lowest BCUT2D eigenvalue weighted by Crippen LogP contribution is -2.48. The molecule has 1 saturated carbocycles. The fourth-order valence-corrected chi connectivity index (χ4v) is 7.04. The molecule has 5 rings (SSSR count). The van der Waals surface area contributed by atoms with E-state index in [0.29, 0.717) is 35.2 Å². The Balaban J connectivity index is 1.41. The highest BCUT2D eigenvalue weighted by atomic mass is 16.6. The van der Waals surface area contributed by atoms with Crippen LogP contribution in [-0.2, 0) is 18.4 Å². The van der Waals surface area contributed by atoms with Crippen molar-refractivity contribution in [2.45, 2.75) is 84.7 Å². The summed E-state index contributed by atoms with van der Waals surface area (Å²) < 4.78 is 7.90. The van der Waals surface area contributed by atoms with Crippen LogP contribution in [0.25, 0.3) is 5.69 Å². The monoisotopic (exact) mass is 488 g/mol. The lowest BCUT2D eigenvalue weighted by atomic mass is 9.50. The average molecular weight is 489 g/mol. The van der Waals surface area contributed by atoms with Crippen LogP contribution in [0.2, 0.25) is 0 Å². The molecule has 7 nitrogen and oxygen atoms in total. The molecule has 2 aliphatic carbocycles. The van der Waals surface area contributed by atoms with Gasteiger partial charge in [0.05, 0.1) is 16.8 Å². The van der Waals surface area contributed by atoms with Crippen molar-refractivity contribution in [2.24, 2.45) is 11.3 Å². The number of benzene rings is 2. The molecule has 1 aromatic heterocycles. The van der Waals surface area contributed by atoms with E-state index in [2.05, 4.69) is 57.1 Å². The van der Waals surface area contributed by atoms with Crippen LogP contribution in [0.15, 0.2) is 42.6 Å². The highest BCUT2D eigenvalue weighted by molar-refractivity contribution is 5.52. The summed E-state index contributed by atoms with van der Waals surface area (Å²) in [6.45, 7) is 12.2. The normalized spacial score (nSPS) is 22.7. The van der Waals surface area contributed by atoms with Crippen molar-refractivity contribution < 1.29 is 9.66 Å². The van der Waals surface area contributed by atoms with Crippen molar-refractivity contribution in [1.82, 2.24) is 15.0 Å². The summed E-state index contributed by atoms with van der Waals surface area (Å²) >= 11 is 0. The first-order valence-electron chi connectivity index (χ1n) is 13.1. The van der Waals surface area contributed by atoms with Gasteiger partial charge in [-0.2, -0.15) is 0 Å². The summed E-state index contributed by atoms with van der Waals surface area (Å²) in [5, 5.41) is 19.5. The number of aromatic nitrogens is 3. The third-order valence-electron chi connectivity index (χ3n) is 8.64. The zero-order chi connectivity index (χ0) is 25.7. The Bertz CT molecular complexity index is 1300. The second-order valence-corrected chi connectivity index (χ2v) is 11.7. The van der Waals surface area contributed by atoms with Gasteiger partial charge in [-0.3, -0.25) is 10.1 Å². The second-order valence-electron chi connectivity index (χ2n) is 11.7. The summed E-state index contributed by atoms with van der Waals surface area (Å²) in [5.41, 5.74) is 6.22. The molecule has 0 bridgehead atoms. The number of rotatable bonds is 6. The number of non-ortho nitro benzene ring substituents is 1. The minimum Gasteiger partial charge on any atom is -0.487 e. The van der Waals surface area contributed by atoms with Crippen LogP contribution in [0, 0.1) is 21.4 Å². The SMILES string of the molecule is CC(C)c1c(OCc2cn(-c3cccc([N+](=O)[O-])c3)nn2)ccc2c1CC[C@H]1C(C)(C)CCC[C@]21C. The van der Waals surface area contributed by atoms with Crippen LogP contribution < -0.4 is 4.74 Å². The van der Waals surface area contributed by atoms with Crippen molar-refractivity contribution in [2.75, 3.05) is 0 Å². The van der Waals surface area contributed by atoms with Crippen molar-refractivity contribution in [1.29, 1.82) is 0 Å². The zero-order valence-corrected chi connectivity index (χ0v) is 22.0. The molecule has 0 spiro atoms. The average Bonchev–Trinajstić information content (AvgIpc) is 3.31. The van der Waals surface area contributed by atoms with Gasteiger partial charge >= 0.3 is 0 Å². The van der Waals surface area contributed by atoms with E-state index in [1.165, 1.54) is 54.5 Å². The summed E-state index contributed by atoms with van der Waals surface area (Å²) in [4.78, 5) is 10.7. The largest absolute Gasteiger partial charge is 0.487 e. The highest BCUT2D eigenvalue weighted by Gasteiger charge is 2.50. The van der Waals surface area contributed by atoms with E-state index in [9.17, 15) is 10.1 Å². The van der Waals surface area contributed by atoms with E-state index >= 15 is 0 Å². The Labute approximate surface area is 213 Å². The van der Waals surface area contributed by atoms with E-state index < -0.39 is 4.92 Å². The smallest absolute Gasteiger partial charge is 0.271 e. The van der Waals surface area contributed by atoms with Gasteiger partial charge in [0, 0.05) is 17.7 Å². The molecule has 1 heterocycles. The van der Waals surface area contributed by atoms with Gasteiger partial charge < -0.3 is 4.74 Å². The fraction of sp³-hybridized carbons (Fsp3) is 0.517. The predicted octanol–water partition coefficient (Wildman–Crippen LogP) is 6.91. The summed E-state index contributed by atoms with van der Waals surface area (Å²) in [6.07, 6.45) is 7.96. The number of nitrogens with zero attached hydrogens (tertiary/aromatic N) is 4. The zero-order valence-electron chi connectivity index (χ0n) is 22.0. The van der Waals surface area contributed by atoms with Crippen molar-refractivity contribution >= 4 is 5.69 Å². The minimum atomic E-state index is -0.412. The van der Waals surface area contributed by atoms with Crippen LogP contribution >= 0.6 is 0 Å². The summed E-state index contributed by atoms with van der Waals surface area (Å²) in [6, 6.07) is 10.8. The first-order valence-corrected chi connectivity index (χ1v) is 13.1. The van der Waals surface area contributed by atoms with Gasteiger partial charge in [-0.05, 0) is 71.6 Å². The molecule has 0 aliphatic heterocycles. The Morgan fingerprint density at radius 2 is 2.00 bits per heavy atom. The van der Waals surface area contributed by atoms with Crippen molar-refractivity contribution in [3.63, 3.8) is 0 Å². The lowest BCUT2D eigenvalue weighted by Gasteiger charge is -2.54. The van der Waals surface area contributed by atoms with Gasteiger partial charge in [-0.15, -0.1) is 5.10 Å². The van der Waals surface area contributed by atoms with Crippen LogP contribution in [-0.4, -0.2) is 19.9 Å². The van der Waals surface area contributed by atoms with E-state index in [1.807, 2.05) is 0 Å². The van der Waals surface area contributed by atoms with Gasteiger partial charge in [-0.1, -0.05) is 58.4 Å². The first kappa shape index (κ1) is 24.5. The molecule has 2 aliphatic rings. The Hall–Kier alpha value is -3.22. The topological polar surface area (TPSA) is 83.1 Å². The standard InChI is InChI=1S/C29H36N4O3/c1-19(2)27-23-10-13-26-28(3,4)14-7-15-29(26,5)24(23)11-12-25(27)36-18-20-17-32(31-30-20)21-8-6-9-22(16-21)33(34)35/h6,8-9,11-12,16-17,19,26H,7,10,13-15,18H2,1-5H3/t26-,29+/m0/s1. The third kappa shape index (κ3) is 4.18. The molecule has 190 valence electrons. The molecule has 3 aromatic rings. The molecule has 1 fully saturated rings. The Morgan fingerprint density at radius 1 is 1.19 bits per heavy atom. The van der Waals surface area contributed by atoms with Gasteiger partial charge in [-0.25, -0.2) is 4.68 Å². The molecule has 0 N–H and O–H groups in total. The molecule has 0 unspecified atom stereocenters. The van der Waals surface area contributed by atoms with Crippen molar-refractivity contribution in [3.05, 3.63) is 75.1 Å². The fourth-order valence-electron chi connectivity index (χ4n) is 7.04. The van der Waals surface area contributed by atoms with E-state index in [1.54, 1.807) is 23.0 Å². The van der Waals surface area contributed by atoms with E-state index in [-0.39, 0.29) is 11.1 Å². The maximum absolute atomic E-state index is 11.1. The van der Waals surface area contributed by atoms with Crippen LogP contribution in [0.3, 0.4) is 0 Å². The number of hydrogen-bond donors (Lipinski definition) is 0. The maximum Gasteiger partial charge on any atom is 0.271 e. The predicted molar refractivity (Wildman–Crippen MR) is 140 cm³/mol. The number of fused-ring (bicyclic) bond motifs is 3. The lowest BCUT2D eigenvalue weighted by molar-refractivity contribution is -0.384. The Kier molecular flexibility index (Phi) is 6.13. The maximum atomic E-state index is 11.1. The van der Waals surface area contributed by atoms with E-state index in [4.69, 9.17) is 4.74 Å². The molecular weight excluding hydrogens is 452 g/mol. The van der Waals surface area contributed by atoms with Gasteiger partial charge in [0.2, 0.25) is 0 Å².